The van der Waals surface area contributed by atoms with Crippen molar-refractivity contribution in [1.82, 2.24) is 0 Å². The summed E-state index contributed by atoms with van der Waals surface area (Å²) in [5.74, 6) is 0.838. The lowest BCUT2D eigenvalue weighted by Gasteiger charge is -2.08. The van der Waals surface area contributed by atoms with Crippen LogP contribution in [0.3, 0.4) is 0 Å². The maximum absolute atomic E-state index is 10.6. The van der Waals surface area contributed by atoms with Crippen molar-refractivity contribution in [3.05, 3.63) is 24.3 Å². The average molecular weight is 311 g/mol. The van der Waals surface area contributed by atoms with Crippen LogP contribution in [0.15, 0.2) is 24.3 Å². The number of hydrogen-bond acceptors (Lipinski definition) is 6. The third-order valence-electron chi connectivity index (χ3n) is 2.69. The Labute approximate surface area is 131 Å². The molecular weight excluding hydrogens is 286 g/mol. The topological polar surface area (TPSA) is 66.0 Å². The molecule has 22 heavy (non-hydrogen) atoms. The van der Waals surface area contributed by atoms with Gasteiger partial charge in [-0.2, -0.15) is 0 Å². The zero-order chi connectivity index (χ0) is 16.0. The highest BCUT2D eigenvalue weighted by molar-refractivity contribution is 5.76. The number of ketones is 1. The van der Waals surface area contributed by atoms with Crippen LogP contribution in [0.5, 0.6) is 5.75 Å². The van der Waals surface area contributed by atoms with Gasteiger partial charge in [0.15, 0.2) is 5.78 Å². The van der Waals surface area contributed by atoms with Crippen LogP contribution in [0.4, 0.5) is 5.69 Å². The molecule has 0 saturated carbocycles. The van der Waals surface area contributed by atoms with Crippen LogP contribution in [0.25, 0.3) is 0 Å². The number of hydrogen-bond donors (Lipinski definition) is 1. The first-order valence-electron chi connectivity index (χ1n) is 7.35. The fourth-order valence-electron chi connectivity index (χ4n) is 1.59. The van der Waals surface area contributed by atoms with Gasteiger partial charge in [-0.15, -0.1) is 0 Å². The second-order valence-electron chi connectivity index (χ2n) is 4.60. The molecule has 124 valence electrons. The van der Waals surface area contributed by atoms with Gasteiger partial charge in [-0.05, 0) is 31.2 Å². The van der Waals surface area contributed by atoms with Crippen molar-refractivity contribution in [2.24, 2.45) is 0 Å². The zero-order valence-corrected chi connectivity index (χ0v) is 13.3. The molecule has 1 aromatic carbocycles. The van der Waals surface area contributed by atoms with Gasteiger partial charge in [0, 0.05) is 12.7 Å². The molecule has 6 heteroatoms. The van der Waals surface area contributed by atoms with Crippen molar-refractivity contribution in [2.45, 2.75) is 6.92 Å². The first-order chi connectivity index (χ1) is 10.7. The summed E-state index contributed by atoms with van der Waals surface area (Å²) in [5.41, 5.74) is 1.05. The fraction of sp³-hybridized carbons (Fsp3) is 0.562. The molecule has 0 heterocycles. The van der Waals surface area contributed by atoms with Crippen LogP contribution in [0.2, 0.25) is 0 Å². The molecule has 0 fully saturated rings. The van der Waals surface area contributed by atoms with Crippen LogP contribution in [-0.4, -0.2) is 59.1 Å². The van der Waals surface area contributed by atoms with E-state index >= 15 is 0 Å². The molecule has 0 aliphatic heterocycles. The Morgan fingerprint density at radius 2 is 1.45 bits per heavy atom. The minimum Gasteiger partial charge on any atom is -0.491 e. The van der Waals surface area contributed by atoms with Crippen molar-refractivity contribution in [2.75, 3.05) is 58.6 Å². The third-order valence-corrected chi connectivity index (χ3v) is 2.69. The predicted molar refractivity (Wildman–Crippen MR) is 84.6 cm³/mol. The zero-order valence-electron chi connectivity index (χ0n) is 13.3. The largest absolute Gasteiger partial charge is 0.491 e. The molecule has 0 aromatic heterocycles. The Kier molecular flexibility index (Phi) is 10.0. The maximum atomic E-state index is 10.6. The van der Waals surface area contributed by atoms with Crippen molar-refractivity contribution >= 4 is 11.5 Å². The van der Waals surface area contributed by atoms with Gasteiger partial charge in [0.1, 0.15) is 19.0 Å². The first-order valence-corrected chi connectivity index (χ1v) is 7.35. The smallest absolute Gasteiger partial charge is 0.155 e. The lowest BCUT2D eigenvalue weighted by molar-refractivity contribution is -0.122. The summed E-state index contributed by atoms with van der Waals surface area (Å²) < 4.78 is 21.3. The van der Waals surface area contributed by atoms with E-state index in [1.165, 1.54) is 6.92 Å². The van der Waals surface area contributed by atoms with Crippen molar-refractivity contribution < 1.29 is 23.7 Å². The quantitative estimate of drug-likeness (QED) is 0.560. The van der Waals surface area contributed by atoms with Gasteiger partial charge in [0.25, 0.3) is 0 Å². The summed E-state index contributed by atoms with van der Waals surface area (Å²) in [6.45, 7) is 4.54. The highest BCUT2D eigenvalue weighted by Gasteiger charge is 1.96. The second-order valence-corrected chi connectivity index (χ2v) is 4.60. The Hall–Kier alpha value is -1.63. The lowest BCUT2D eigenvalue weighted by atomic mass is 10.3. The molecule has 0 amide bonds. The Bertz CT molecular complexity index is 408. The summed E-state index contributed by atoms with van der Waals surface area (Å²) in [4.78, 5) is 10.6. The van der Waals surface area contributed by atoms with Crippen molar-refractivity contribution in [3.8, 4) is 5.75 Å². The predicted octanol–water partition coefficient (Wildman–Crippen LogP) is 1.75. The Morgan fingerprint density at radius 1 is 0.909 bits per heavy atom. The number of anilines is 1. The van der Waals surface area contributed by atoms with E-state index in [2.05, 4.69) is 5.32 Å². The lowest BCUT2D eigenvalue weighted by Crippen LogP contribution is -2.14. The SMILES string of the molecule is CNc1ccc(OCCOCCOCCOCC(C)=O)cc1. The monoisotopic (exact) mass is 311 g/mol. The molecule has 0 aliphatic carbocycles. The van der Waals surface area contributed by atoms with Gasteiger partial charge >= 0.3 is 0 Å². The van der Waals surface area contributed by atoms with Crippen molar-refractivity contribution in [1.29, 1.82) is 0 Å². The summed E-state index contributed by atoms with van der Waals surface area (Å²) in [7, 11) is 1.88. The molecule has 0 radical (unpaired) electrons. The van der Waals surface area contributed by atoms with Gasteiger partial charge in [-0.1, -0.05) is 0 Å². The number of nitrogens with one attached hydrogen (secondary N) is 1. The van der Waals surface area contributed by atoms with E-state index in [1.54, 1.807) is 0 Å². The number of carbonyl (C=O) groups is 1. The Balaban J connectivity index is 1.88. The maximum Gasteiger partial charge on any atom is 0.155 e. The summed E-state index contributed by atoms with van der Waals surface area (Å²) in [6, 6.07) is 7.74. The van der Waals surface area contributed by atoms with E-state index < -0.39 is 0 Å². The molecule has 0 aliphatic rings. The standard InChI is InChI=1S/C16H25NO5/c1-14(18)13-21-10-9-19-7-8-20-11-12-22-16-5-3-15(17-2)4-6-16/h3-6,17H,7-13H2,1-2H3. The number of Topliss-reactive ketones (excluding diaryl/α,β-unsaturated/α-hetero) is 1. The summed E-state index contributed by atoms with van der Waals surface area (Å²) >= 11 is 0. The van der Waals surface area contributed by atoms with Gasteiger partial charge in [0.2, 0.25) is 0 Å². The Morgan fingerprint density at radius 3 is 2.00 bits per heavy atom. The molecular formula is C16H25NO5. The molecule has 6 nitrogen and oxygen atoms in total. The first kappa shape index (κ1) is 18.4. The van der Waals surface area contributed by atoms with E-state index in [4.69, 9.17) is 18.9 Å². The number of rotatable bonds is 13. The van der Waals surface area contributed by atoms with Gasteiger partial charge in [0.05, 0.1) is 33.0 Å². The van der Waals surface area contributed by atoms with E-state index in [0.717, 1.165) is 11.4 Å². The minimum atomic E-state index is 0.0175. The van der Waals surface area contributed by atoms with Crippen molar-refractivity contribution in [3.63, 3.8) is 0 Å². The van der Waals surface area contributed by atoms with Gasteiger partial charge in [-0.25, -0.2) is 0 Å². The van der Waals surface area contributed by atoms with Crippen LogP contribution in [-0.2, 0) is 19.0 Å². The van der Waals surface area contributed by atoms with E-state index in [-0.39, 0.29) is 12.4 Å². The van der Waals surface area contributed by atoms with Crippen LogP contribution in [0.1, 0.15) is 6.92 Å². The van der Waals surface area contributed by atoms with Gasteiger partial charge in [-0.3, -0.25) is 4.79 Å². The molecule has 0 atom stereocenters. The van der Waals surface area contributed by atoms with E-state index in [0.29, 0.717) is 39.6 Å². The van der Waals surface area contributed by atoms with Gasteiger partial charge < -0.3 is 24.3 Å². The molecule has 1 N–H and O–H groups in total. The molecule has 0 saturated heterocycles. The summed E-state index contributed by atoms with van der Waals surface area (Å²) in [6.07, 6.45) is 0. The average Bonchev–Trinajstić information content (AvgIpc) is 2.53. The summed E-state index contributed by atoms with van der Waals surface area (Å²) in [5, 5.41) is 3.05. The minimum absolute atomic E-state index is 0.0175. The normalized spacial score (nSPS) is 10.5. The van der Waals surface area contributed by atoms with Crippen LogP contribution < -0.4 is 10.1 Å². The highest BCUT2D eigenvalue weighted by Crippen LogP contribution is 2.14. The van der Waals surface area contributed by atoms with E-state index in [1.807, 2.05) is 31.3 Å². The third kappa shape index (κ3) is 9.33. The number of carbonyl (C=O) groups excluding carboxylic acids is 1. The molecule has 1 aromatic rings. The molecule has 1 rings (SSSR count). The molecule has 0 unspecified atom stereocenters. The number of benzene rings is 1. The second kappa shape index (κ2) is 12.0. The fourth-order valence-corrected chi connectivity index (χ4v) is 1.59. The van der Waals surface area contributed by atoms with Crippen LogP contribution in [0, 0.1) is 0 Å². The molecule has 0 bridgehead atoms. The van der Waals surface area contributed by atoms with E-state index in [9.17, 15) is 4.79 Å². The van der Waals surface area contributed by atoms with Crippen LogP contribution >= 0.6 is 0 Å². The highest BCUT2D eigenvalue weighted by atomic mass is 16.6. The molecule has 0 spiro atoms. The number of ether oxygens (including phenoxy) is 4.